The van der Waals surface area contributed by atoms with Crippen LogP contribution in [0.4, 0.5) is 0 Å². The van der Waals surface area contributed by atoms with E-state index in [1.807, 2.05) is 0 Å². The van der Waals surface area contributed by atoms with Crippen molar-refractivity contribution >= 4 is 0 Å². The molecule has 1 saturated carbocycles. The summed E-state index contributed by atoms with van der Waals surface area (Å²) in [6, 6.07) is 0. The molecule has 102 valence electrons. The van der Waals surface area contributed by atoms with Gasteiger partial charge in [-0.3, -0.25) is 0 Å². The normalized spacial score (nSPS) is 18.9. The van der Waals surface area contributed by atoms with E-state index in [0.717, 1.165) is 5.82 Å². The summed E-state index contributed by atoms with van der Waals surface area (Å²) in [5, 5.41) is 18.0. The van der Waals surface area contributed by atoms with E-state index in [9.17, 15) is 5.11 Å². The molecule has 1 aliphatic rings. The van der Waals surface area contributed by atoms with E-state index in [4.69, 9.17) is 0 Å². The highest BCUT2D eigenvalue weighted by Crippen LogP contribution is 2.33. The fraction of sp³-hybridized carbons (Fsp3) is 0.857. The van der Waals surface area contributed by atoms with Crippen molar-refractivity contribution in [3.63, 3.8) is 0 Å². The van der Waals surface area contributed by atoms with Gasteiger partial charge in [0.1, 0.15) is 12.4 Å². The van der Waals surface area contributed by atoms with E-state index in [1.54, 1.807) is 0 Å². The molecule has 18 heavy (non-hydrogen) atoms. The fourth-order valence-electron chi connectivity index (χ4n) is 2.97. The third-order valence-electron chi connectivity index (χ3n) is 3.79. The van der Waals surface area contributed by atoms with E-state index < -0.39 is 0 Å². The first-order chi connectivity index (χ1) is 8.54. The summed E-state index contributed by atoms with van der Waals surface area (Å²) in [7, 11) is 0. The second-order valence-corrected chi connectivity index (χ2v) is 6.33. The molecule has 1 fully saturated rings. The van der Waals surface area contributed by atoms with Crippen molar-refractivity contribution in [1.29, 1.82) is 0 Å². The van der Waals surface area contributed by atoms with Crippen LogP contribution in [-0.2, 0) is 12.1 Å². The minimum absolute atomic E-state index is 0.0308. The molecule has 0 radical (unpaired) electrons. The highest BCUT2D eigenvalue weighted by Gasteiger charge is 2.27. The Morgan fingerprint density at radius 2 is 1.72 bits per heavy atom. The molecule has 4 nitrogen and oxygen atoms in total. The molecule has 1 aliphatic carbocycles. The quantitative estimate of drug-likeness (QED) is 0.822. The largest absolute Gasteiger partial charge is 0.388 e. The number of aliphatic hydroxyl groups excluding tert-OH is 1. The van der Waals surface area contributed by atoms with Crippen molar-refractivity contribution in [1.82, 2.24) is 14.8 Å². The molecule has 0 unspecified atom stereocenters. The third-order valence-corrected chi connectivity index (χ3v) is 3.79. The SMILES string of the molecule is CC(C)(C)n1c(CO)nnc1C1CCCCCC1. The summed E-state index contributed by atoms with van der Waals surface area (Å²) in [6.45, 7) is 6.41. The average molecular weight is 251 g/mol. The molecule has 0 spiro atoms. The molecule has 1 aromatic rings. The first kappa shape index (κ1) is 13.5. The number of hydrogen-bond donors (Lipinski definition) is 1. The molecule has 1 aromatic heterocycles. The van der Waals surface area contributed by atoms with Gasteiger partial charge in [-0.1, -0.05) is 25.7 Å². The standard InChI is InChI=1S/C14H25N3O/c1-14(2,3)17-12(10-18)15-16-13(17)11-8-6-4-5-7-9-11/h11,18H,4-10H2,1-3H3. The zero-order valence-electron chi connectivity index (χ0n) is 11.8. The second kappa shape index (κ2) is 5.39. The lowest BCUT2D eigenvalue weighted by Crippen LogP contribution is -2.27. The van der Waals surface area contributed by atoms with Crippen LogP contribution in [0.2, 0.25) is 0 Å². The smallest absolute Gasteiger partial charge is 0.159 e. The monoisotopic (exact) mass is 251 g/mol. The van der Waals surface area contributed by atoms with Gasteiger partial charge < -0.3 is 9.67 Å². The number of aromatic nitrogens is 3. The Hall–Kier alpha value is -0.900. The van der Waals surface area contributed by atoms with Crippen molar-refractivity contribution < 1.29 is 5.11 Å². The average Bonchev–Trinajstić information content (AvgIpc) is 2.57. The Morgan fingerprint density at radius 3 is 2.22 bits per heavy atom. The Labute approximate surface area is 109 Å². The van der Waals surface area contributed by atoms with Gasteiger partial charge in [-0.15, -0.1) is 10.2 Å². The first-order valence-electron chi connectivity index (χ1n) is 7.09. The number of rotatable bonds is 2. The van der Waals surface area contributed by atoms with E-state index in [2.05, 4.69) is 35.5 Å². The third kappa shape index (κ3) is 2.74. The van der Waals surface area contributed by atoms with Crippen LogP contribution >= 0.6 is 0 Å². The van der Waals surface area contributed by atoms with Crippen LogP contribution < -0.4 is 0 Å². The minimum atomic E-state index is -0.0663. The van der Waals surface area contributed by atoms with Crippen LogP contribution in [0.1, 0.15) is 76.9 Å². The van der Waals surface area contributed by atoms with Crippen molar-refractivity contribution in [3.05, 3.63) is 11.6 Å². The van der Waals surface area contributed by atoms with Gasteiger partial charge >= 0.3 is 0 Å². The summed E-state index contributed by atoms with van der Waals surface area (Å²) < 4.78 is 2.14. The van der Waals surface area contributed by atoms with Crippen LogP contribution in [0, 0.1) is 0 Å². The van der Waals surface area contributed by atoms with Gasteiger partial charge in [0.05, 0.1) is 0 Å². The predicted molar refractivity (Wildman–Crippen MR) is 71.4 cm³/mol. The van der Waals surface area contributed by atoms with E-state index in [0.29, 0.717) is 11.7 Å². The van der Waals surface area contributed by atoms with Crippen molar-refractivity contribution in [2.24, 2.45) is 0 Å². The number of aliphatic hydroxyl groups is 1. The maximum Gasteiger partial charge on any atom is 0.159 e. The van der Waals surface area contributed by atoms with Crippen LogP contribution in [0.3, 0.4) is 0 Å². The molecule has 0 aliphatic heterocycles. The van der Waals surface area contributed by atoms with Gasteiger partial charge in [-0.2, -0.15) is 0 Å². The number of hydrogen-bond acceptors (Lipinski definition) is 3. The maximum atomic E-state index is 9.43. The minimum Gasteiger partial charge on any atom is -0.388 e. The summed E-state index contributed by atoms with van der Waals surface area (Å²) in [5.41, 5.74) is -0.0663. The summed E-state index contributed by atoms with van der Waals surface area (Å²) in [6.07, 6.45) is 7.67. The topological polar surface area (TPSA) is 50.9 Å². The first-order valence-corrected chi connectivity index (χ1v) is 7.09. The molecule has 0 saturated heterocycles. The van der Waals surface area contributed by atoms with E-state index in [1.165, 1.54) is 38.5 Å². The molecule has 1 heterocycles. The van der Waals surface area contributed by atoms with E-state index >= 15 is 0 Å². The lowest BCUT2D eigenvalue weighted by atomic mass is 9.97. The highest BCUT2D eigenvalue weighted by molar-refractivity contribution is 5.06. The van der Waals surface area contributed by atoms with Crippen LogP contribution in [-0.4, -0.2) is 19.9 Å². The van der Waals surface area contributed by atoms with Crippen LogP contribution in [0.15, 0.2) is 0 Å². The van der Waals surface area contributed by atoms with Crippen molar-refractivity contribution in [2.45, 2.75) is 77.4 Å². The predicted octanol–water partition coefficient (Wildman–Crippen LogP) is 2.96. The van der Waals surface area contributed by atoms with Crippen molar-refractivity contribution in [3.8, 4) is 0 Å². The van der Waals surface area contributed by atoms with Crippen molar-refractivity contribution in [2.75, 3.05) is 0 Å². The Kier molecular flexibility index (Phi) is 4.05. The van der Waals surface area contributed by atoms with Crippen LogP contribution in [0.5, 0.6) is 0 Å². The molecule has 0 aromatic carbocycles. The Balaban J connectivity index is 2.34. The molecular formula is C14H25N3O. The molecule has 1 N–H and O–H groups in total. The zero-order valence-corrected chi connectivity index (χ0v) is 11.8. The molecular weight excluding hydrogens is 226 g/mol. The maximum absolute atomic E-state index is 9.43. The molecule has 0 bridgehead atoms. The Morgan fingerprint density at radius 1 is 1.11 bits per heavy atom. The van der Waals surface area contributed by atoms with Gasteiger partial charge in [0.25, 0.3) is 0 Å². The van der Waals surface area contributed by atoms with Gasteiger partial charge in [-0.05, 0) is 33.6 Å². The lowest BCUT2D eigenvalue weighted by molar-refractivity contribution is 0.246. The molecule has 2 rings (SSSR count). The molecule has 4 heteroatoms. The fourth-order valence-corrected chi connectivity index (χ4v) is 2.97. The second-order valence-electron chi connectivity index (χ2n) is 6.33. The van der Waals surface area contributed by atoms with Gasteiger partial charge in [0.2, 0.25) is 0 Å². The molecule has 0 amide bonds. The van der Waals surface area contributed by atoms with Gasteiger partial charge in [0, 0.05) is 11.5 Å². The number of nitrogens with zero attached hydrogens (tertiary/aromatic N) is 3. The summed E-state index contributed by atoms with van der Waals surface area (Å²) in [4.78, 5) is 0. The van der Waals surface area contributed by atoms with Gasteiger partial charge in [-0.25, -0.2) is 0 Å². The molecule has 0 atom stereocenters. The van der Waals surface area contributed by atoms with E-state index in [-0.39, 0.29) is 12.1 Å². The van der Waals surface area contributed by atoms with Crippen LogP contribution in [0.25, 0.3) is 0 Å². The zero-order chi connectivity index (χ0) is 13.2. The summed E-state index contributed by atoms with van der Waals surface area (Å²) >= 11 is 0. The highest BCUT2D eigenvalue weighted by atomic mass is 16.3. The van der Waals surface area contributed by atoms with Gasteiger partial charge in [0.15, 0.2) is 5.82 Å². The summed E-state index contributed by atoms with van der Waals surface area (Å²) in [5.74, 6) is 2.29. The Bertz CT molecular complexity index is 384. The lowest BCUT2D eigenvalue weighted by Gasteiger charge is -2.27.